The highest BCUT2D eigenvalue weighted by Gasteiger charge is 2.13. The van der Waals surface area contributed by atoms with E-state index in [1.165, 1.54) is 25.7 Å². The van der Waals surface area contributed by atoms with Crippen LogP contribution in [0.1, 0.15) is 48.5 Å². The van der Waals surface area contributed by atoms with Gasteiger partial charge in [0.15, 0.2) is 5.78 Å². The zero-order valence-corrected chi connectivity index (χ0v) is 13.7. The molecule has 0 unspecified atom stereocenters. The van der Waals surface area contributed by atoms with Gasteiger partial charge in [0.2, 0.25) is 0 Å². The Morgan fingerprint density at radius 2 is 1.78 bits per heavy atom. The fourth-order valence-electron chi connectivity index (χ4n) is 3.01. The van der Waals surface area contributed by atoms with Crippen molar-refractivity contribution in [3.8, 4) is 0 Å². The van der Waals surface area contributed by atoms with Crippen LogP contribution in [0.4, 0.5) is 0 Å². The van der Waals surface area contributed by atoms with Gasteiger partial charge in [-0.3, -0.25) is 4.79 Å². The lowest BCUT2D eigenvalue weighted by molar-refractivity contribution is 0.104. The van der Waals surface area contributed by atoms with Crippen molar-refractivity contribution in [2.24, 2.45) is 0 Å². The molecule has 0 amide bonds. The van der Waals surface area contributed by atoms with Crippen LogP contribution in [0, 0.1) is 0 Å². The van der Waals surface area contributed by atoms with E-state index in [0.717, 1.165) is 28.4 Å². The summed E-state index contributed by atoms with van der Waals surface area (Å²) in [6.45, 7) is 3.21. The molecule has 0 bridgehead atoms. The molecule has 0 atom stereocenters. The zero-order chi connectivity index (χ0) is 16.1. The second-order valence-electron chi connectivity index (χ2n) is 6.05. The summed E-state index contributed by atoms with van der Waals surface area (Å²) in [5.41, 5.74) is 1.56. The molecule has 0 spiro atoms. The average Bonchev–Trinajstić information content (AvgIpc) is 3.06. The van der Waals surface area contributed by atoms with Crippen LogP contribution in [0.2, 0.25) is 0 Å². The maximum Gasteiger partial charge on any atom is 0.195 e. The summed E-state index contributed by atoms with van der Waals surface area (Å²) in [5.74, 6) is 0.106. The number of unbranched alkanes of at least 4 members (excludes halogenated alkanes) is 3. The predicted octanol–water partition coefficient (Wildman–Crippen LogP) is 5.45. The summed E-state index contributed by atoms with van der Waals surface area (Å²) in [6.07, 6.45) is 8.95. The molecule has 2 heteroatoms. The third-order valence-electron chi connectivity index (χ3n) is 4.32. The van der Waals surface area contributed by atoms with Crippen molar-refractivity contribution in [1.29, 1.82) is 0 Å². The second kappa shape index (κ2) is 7.28. The van der Waals surface area contributed by atoms with Crippen LogP contribution < -0.4 is 0 Å². The SMILES string of the molecule is CCCCCCn1ccc(C(=O)c2cccc3ccccc23)c1. The van der Waals surface area contributed by atoms with Crippen LogP contribution >= 0.6 is 0 Å². The van der Waals surface area contributed by atoms with Crippen LogP contribution in [0.15, 0.2) is 60.9 Å². The first-order chi connectivity index (χ1) is 11.3. The minimum absolute atomic E-state index is 0.106. The van der Waals surface area contributed by atoms with Gasteiger partial charge < -0.3 is 4.57 Å². The molecule has 3 rings (SSSR count). The van der Waals surface area contributed by atoms with Gasteiger partial charge in [0.25, 0.3) is 0 Å². The van der Waals surface area contributed by atoms with Crippen LogP contribution in [-0.4, -0.2) is 10.4 Å². The highest BCUT2D eigenvalue weighted by molar-refractivity contribution is 6.16. The number of rotatable bonds is 7. The number of ketones is 1. The van der Waals surface area contributed by atoms with Crippen LogP contribution in [-0.2, 0) is 6.54 Å². The summed E-state index contributed by atoms with van der Waals surface area (Å²) in [4.78, 5) is 12.8. The summed E-state index contributed by atoms with van der Waals surface area (Å²) in [6, 6.07) is 15.9. The predicted molar refractivity (Wildman–Crippen MR) is 96.0 cm³/mol. The first-order valence-electron chi connectivity index (χ1n) is 8.48. The maximum absolute atomic E-state index is 12.8. The number of fused-ring (bicyclic) bond motifs is 1. The molecule has 0 aliphatic carbocycles. The van der Waals surface area contributed by atoms with Crippen molar-refractivity contribution < 1.29 is 4.79 Å². The molecular formula is C21H23NO. The van der Waals surface area contributed by atoms with Gasteiger partial charge in [-0.05, 0) is 23.3 Å². The molecule has 2 nitrogen and oxygen atoms in total. The Kier molecular flexibility index (Phi) is 4.92. The molecule has 1 aromatic heterocycles. The van der Waals surface area contributed by atoms with E-state index in [0.29, 0.717) is 0 Å². The molecule has 0 aliphatic heterocycles. The third-order valence-corrected chi connectivity index (χ3v) is 4.32. The van der Waals surface area contributed by atoms with E-state index < -0.39 is 0 Å². The Labute approximate surface area is 137 Å². The number of carbonyl (C=O) groups excluding carboxylic acids is 1. The number of hydrogen-bond acceptors (Lipinski definition) is 1. The minimum atomic E-state index is 0.106. The quantitative estimate of drug-likeness (QED) is 0.420. The van der Waals surface area contributed by atoms with Crippen molar-refractivity contribution in [2.45, 2.75) is 39.2 Å². The standard InChI is InChI=1S/C21H23NO/c1-2-3-4-7-14-22-15-13-18(16-22)21(23)20-12-8-10-17-9-5-6-11-19(17)20/h5-6,8-13,15-16H,2-4,7,14H2,1H3. The normalized spacial score (nSPS) is 11.0. The largest absolute Gasteiger partial charge is 0.353 e. The van der Waals surface area contributed by atoms with E-state index in [1.807, 2.05) is 60.9 Å². The maximum atomic E-state index is 12.8. The summed E-state index contributed by atoms with van der Waals surface area (Å²) >= 11 is 0. The second-order valence-corrected chi connectivity index (χ2v) is 6.05. The Hall–Kier alpha value is -2.35. The fourth-order valence-corrected chi connectivity index (χ4v) is 3.01. The number of benzene rings is 2. The van der Waals surface area contributed by atoms with E-state index in [2.05, 4.69) is 11.5 Å². The van der Waals surface area contributed by atoms with Crippen LogP contribution in [0.25, 0.3) is 10.8 Å². The van der Waals surface area contributed by atoms with E-state index in [1.54, 1.807) is 0 Å². The zero-order valence-electron chi connectivity index (χ0n) is 13.7. The summed E-state index contributed by atoms with van der Waals surface area (Å²) in [7, 11) is 0. The summed E-state index contributed by atoms with van der Waals surface area (Å²) in [5, 5.41) is 2.13. The monoisotopic (exact) mass is 305 g/mol. The average molecular weight is 305 g/mol. The van der Waals surface area contributed by atoms with E-state index >= 15 is 0 Å². The van der Waals surface area contributed by atoms with E-state index in [-0.39, 0.29) is 5.78 Å². The molecule has 0 radical (unpaired) electrons. The molecule has 0 fully saturated rings. The van der Waals surface area contributed by atoms with Crippen LogP contribution in [0.5, 0.6) is 0 Å². The van der Waals surface area contributed by atoms with Gasteiger partial charge >= 0.3 is 0 Å². The lowest BCUT2D eigenvalue weighted by atomic mass is 9.99. The third kappa shape index (κ3) is 3.53. The molecule has 0 N–H and O–H groups in total. The molecule has 1 heterocycles. The molecule has 118 valence electrons. The minimum Gasteiger partial charge on any atom is -0.353 e. The number of hydrogen-bond donors (Lipinski definition) is 0. The lowest BCUT2D eigenvalue weighted by Gasteiger charge is -2.05. The first-order valence-corrected chi connectivity index (χ1v) is 8.48. The van der Waals surface area contributed by atoms with E-state index in [9.17, 15) is 4.79 Å². The Morgan fingerprint density at radius 3 is 2.65 bits per heavy atom. The van der Waals surface area contributed by atoms with Crippen molar-refractivity contribution in [3.63, 3.8) is 0 Å². The molecular weight excluding hydrogens is 282 g/mol. The Morgan fingerprint density at radius 1 is 0.957 bits per heavy atom. The van der Waals surface area contributed by atoms with Crippen molar-refractivity contribution >= 4 is 16.6 Å². The lowest BCUT2D eigenvalue weighted by Crippen LogP contribution is -2.01. The summed E-state index contributed by atoms with van der Waals surface area (Å²) < 4.78 is 2.13. The van der Waals surface area contributed by atoms with Crippen molar-refractivity contribution in [2.75, 3.05) is 0 Å². The molecule has 23 heavy (non-hydrogen) atoms. The van der Waals surface area contributed by atoms with Crippen LogP contribution in [0.3, 0.4) is 0 Å². The van der Waals surface area contributed by atoms with Gasteiger partial charge in [0.05, 0.1) is 0 Å². The highest BCUT2D eigenvalue weighted by atomic mass is 16.1. The van der Waals surface area contributed by atoms with Gasteiger partial charge in [0, 0.05) is 30.1 Å². The van der Waals surface area contributed by atoms with Gasteiger partial charge in [-0.25, -0.2) is 0 Å². The molecule has 0 saturated heterocycles. The molecule has 0 aliphatic rings. The Bertz CT molecular complexity index is 795. The Balaban J connectivity index is 1.79. The first kappa shape index (κ1) is 15.5. The van der Waals surface area contributed by atoms with Crippen molar-refractivity contribution in [3.05, 3.63) is 72.1 Å². The molecule has 3 aromatic rings. The molecule has 0 saturated carbocycles. The van der Waals surface area contributed by atoms with Gasteiger partial charge in [-0.15, -0.1) is 0 Å². The fraction of sp³-hybridized carbons (Fsp3) is 0.286. The molecule has 2 aromatic carbocycles. The topological polar surface area (TPSA) is 22.0 Å². The van der Waals surface area contributed by atoms with Gasteiger partial charge in [-0.2, -0.15) is 0 Å². The smallest absolute Gasteiger partial charge is 0.195 e. The highest BCUT2D eigenvalue weighted by Crippen LogP contribution is 2.21. The number of aromatic nitrogens is 1. The van der Waals surface area contributed by atoms with E-state index in [4.69, 9.17) is 0 Å². The van der Waals surface area contributed by atoms with Gasteiger partial charge in [-0.1, -0.05) is 68.7 Å². The van der Waals surface area contributed by atoms with Gasteiger partial charge in [0.1, 0.15) is 0 Å². The number of nitrogens with zero attached hydrogens (tertiary/aromatic N) is 1. The number of aryl methyl sites for hydroxylation is 1. The number of carbonyl (C=O) groups is 1. The van der Waals surface area contributed by atoms with Crippen molar-refractivity contribution in [1.82, 2.24) is 4.57 Å².